The normalized spacial score (nSPS) is 18.2. The molecule has 1 rings (SSSR count). The standard InChI is InChI=1S/C5H12N2.C4H9Cl/c1-7-4-2-6-3-5-7;1-2-3-4-5/h6H,2-5H2,1H3;2-4H2,1H3. The van der Waals surface area contributed by atoms with E-state index >= 15 is 0 Å². The van der Waals surface area contributed by atoms with Crippen molar-refractivity contribution < 1.29 is 0 Å². The van der Waals surface area contributed by atoms with Crippen LogP contribution >= 0.6 is 11.6 Å². The molecule has 0 aliphatic carbocycles. The van der Waals surface area contributed by atoms with Gasteiger partial charge in [-0.15, -0.1) is 11.6 Å². The first-order chi connectivity index (χ1) is 5.81. The van der Waals surface area contributed by atoms with Gasteiger partial charge in [0, 0.05) is 32.1 Å². The van der Waals surface area contributed by atoms with Gasteiger partial charge in [-0.25, -0.2) is 0 Å². The van der Waals surface area contributed by atoms with E-state index in [1.165, 1.54) is 19.5 Å². The zero-order valence-electron chi connectivity index (χ0n) is 8.27. The summed E-state index contributed by atoms with van der Waals surface area (Å²) in [6.07, 6.45) is 2.37. The quantitative estimate of drug-likeness (QED) is 0.668. The number of halogens is 1. The number of nitrogens with one attached hydrogen (secondary N) is 1. The molecule has 1 heterocycles. The third-order valence-corrected chi connectivity index (χ3v) is 2.10. The van der Waals surface area contributed by atoms with Crippen LogP contribution in [0, 0.1) is 0 Å². The predicted octanol–water partition coefficient (Wildman–Crippen LogP) is 1.55. The van der Waals surface area contributed by atoms with Crippen LogP contribution < -0.4 is 5.32 Å². The van der Waals surface area contributed by atoms with Gasteiger partial charge in [-0.05, 0) is 13.5 Å². The fourth-order valence-corrected chi connectivity index (χ4v) is 1.18. The van der Waals surface area contributed by atoms with Gasteiger partial charge in [0.05, 0.1) is 0 Å². The zero-order chi connectivity index (χ0) is 9.23. The molecule has 0 aromatic heterocycles. The van der Waals surface area contributed by atoms with Crippen LogP contribution in [0.5, 0.6) is 0 Å². The summed E-state index contributed by atoms with van der Waals surface area (Å²) in [5.74, 6) is 0.816. The van der Waals surface area contributed by atoms with E-state index in [1.54, 1.807) is 0 Å². The molecule has 1 saturated heterocycles. The van der Waals surface area contributed by atoms with Gasteiger partial charge >= 0.3 is 0 Å². The molecule has 12 heavy (non-hydrogen) atoms. The number of unbranched alkanes of at least 4 members (excludes halogenated alkanes) is 1. The van der Waals surface area contributed by atoms with Gasteiger partial charge < -0.3 is 10.2 Å². The van der Waals surface area contributed by atoms with Gasteiger partial charge in [-0.3, -0.25) is 0 Å². The van der Waals surface area contributed by atoms with Crippen LogP contribution in [0.15, 0.2) is 0 Å². The molecule has 0 atom stereocenters. The number of piperazine rings is 1. The van der Waals surface area contributed by atoms with E-state index in [9.17, 15) is 0 Å². The van der Waals surface area contributed by atoms with Gasteiger partial charge in [0.2, 0.25) is 0 Å². The van der Waals surface area contributed by atoms with E-state index in [0.29, 0.717) is 0 Å². The Kier molecular flexibility index (Phi) is 9.46. The van der Waals surface area contributed by atoms with E-state index in [0.717, 1.165) is 25.4 Å². The summed E-state index contributed by atoms with van der Waals surface area (Å²) in [7, 11) is 2.15. The number of alkyl halides is 1. The first-order valence-corrected chi connectivity index (χ1v) is 5.30. The van der Waals surface area contributed by atoms with Crippen molar-refractivity contribution >= 4 is 11.6 Å². The van der Waals surface area contributed by atoms with Crippen molar-refractivity contribution in [3.05, 3.63) is 0 Å². The highest BCUT2D eigenvalue weighted by Gasteiger charge is 2.01. The molecule has 3 heteroatoms. The van der Waals surface area contributed by atoms with Crippen molar-refractivity contribution in [2.45, 2.75) is 19.8 Å². The molecule has 0 saturated carbocycles. The average Bonchev–Trinajstić information content (AvgIpc) is 2.08. The number of likely N-dealkylation sites (N-methyl/N-ethyl adjacent to an activating group) is 1. The lowest BCUT2D eigenvalue weighted by molar-refractivity contribution is 0.291. The lowest BCUT2D eigenvalue weighted by Crippen LogP contribution is -2.40. The molecule has 0 bridgehead atoms. The second-order valence-corrected chi connectivity index (χ2v) is 3.47. The molecule has 0 spiro atoms. The van der Waals surface area contributed by atoms with E-state index in [1.807, 2.05) is 0 Å². The van der Waals surface area contributed by atoms with Gasteiger partial charge in [0.25, 0.3) is 0 Å². The van der Waals surface area contributed by atoms with Crippen molar-refractivity contribution in [3.8, 4) is 0 Å². The highest BCUT2D eigenvalue weighted by atomic mass is 35.5. The van der Waals surface area contributed by atoms with E-state index in [2.05, 4.69) is 24.2 Å². The van der Waals surface area contributed by atoms with Crippen molar-refractivity contribution in [1.82, 2.24) is 10.2 Å². The first kappa shape index (κ1) is 12.2. The Morgan fingerprint density at radius 2 is 1.92 bits per heavy atom. The summed E-state index contributed by atoms with van der Waals surface area (Å²) < 4.78 is 0. The van der Waals surface area contributed by atoms with Crippen LogP contribution in [0.1, 0.15) is 19.8 Å². The minimum Gasteiger partial charge on any atom is -0.314 e. The average molecular weight is 193 g/mol. The molecule has 0 aromatic rings. The molecule has 2 nitrogen and oxygen atoms in total. The molecule has 0 aromatic carbocycles. The summed E-state index contributed by atoms with van der Waals surface area (Å²) in [4.78, 5) is 2.33. The Morgan fingerprint density at radius 3 is 2.08 bits per heavy atom. The smallest absolute Gasteiger partial charge is 0.0223 e. The Morgan fingerprint density at radius 1 is 1.33 bits per heavy atom. The molecular weight excluding hydrogens is 172 g/mol. The predicted molar refractivity (Wildman–Crippen MR) is 56.0 cm³/mol. The van der Waals surface area contributed by atoms with Crippen LogP contribution in [0.2, 0.25) is 0 Å². The Labute approximate surface area is 81.3 Å². The van der Waals surface area contributed by atoms with Gasteiger partial charge in [-0.1, -0.05) is 13.3 Å². The van der Waals surface area contributed by atoms with Crippen LogP contribution in [-0.2, 0) is 0 Å². The zero-order valence-corrected chi connectivity index (χ0v) is 9.03. The summed E-state index contributed by atoms with van der Waals surface area (Å²) in [5, 5.41) is 3.27. The minimum atomic E-state index is 0.816. The highest BCUT2D eigenvalue weighted by molar-refractivity contribution is 6.17. The lowest BCUT2D eigenvalue weighted by Gasteiger charge is -2.21. The van der Waals surface area contributed by atoms with Crippen molar-refractivity contribution in [2.24, 2.45) is 0 Å². The third kappa shape index (κ3) is 8.31. The molecule has 1 aliphatic rings. The van der Waals surface area contributed by atoms with Crippen LogP contribution in [0.4, 0.5) is 0 Å². The summed E-state index contributed by atoms with van der Waals surface area (Å²) in [5.41, 5.74) is 0. The summed E-state index contributed by atoms with van der Waals surface area (Å²) >= 11 is 5.30. The number of rotatable bonds is 2. The molecule has 1 N–H and O–H groups in total. The monoisotopic (exact) mass is 192 g/mol. The van der Waals surface area contributed by atoms with Crippen molar-refractivity contribution in [2.75, 3.05) is 39.1 Å². The second kappa shape index (κ2) is 9.30. The van der Waals surface area contributed by atoms with E-state index in [4.69, 9.17) is 11.6 Å². The Hall–Kier alpha value is 0.210. The van der Waals surface area contributed by atoms with Crippen LogP contribution in [0.25, 0.3) is 0 Å². The topological polar surface area (TPSA) is 15.3 Å². The largest absolute Gasteiger partial charge is 0.314 e. The summed E-state index contributed by atoms with van der Waals surface area (Å²) in [6, 6.07) is 0. The van der Waals surface area contributed by atoms with Crippen LogP contribution in [0.3, 0.4) is 0 Å². The number of hydrogen-bond donors (Lipinski definition) is 1. The summed E-state index contributed by atoms with van der Waals surface area (Å²) in [6.45, 7) is 6.87. The third-order valence-electron chi connectivity index (χ3n) is 1.83. The van der Waals surface area contributed by atoms with E-state index in [-0.39, 0.29) is 0 Å². The van der Waals surface area contributed by atoms with Gasteiger partial charge in [-0.2, -0.15) is 0 Å². The first-order valence-electron chi connectivity index (χ1n) is 4.76. The number of nitrogens with zero attached hydrogens (tertiary/aromatic N) is 1. The van der Waals surface area contributed by atoms with Crippen molar-refractivity contribution in [3.63, 3.8) is 0 Å². The maximum Gasteiger partial charge on any atom is 0.0223 e. The highest BCUT2D eigenvalue weighted by Crippen LogP contribution is 1.86. The Bertz CT molecular complexity index is 80.6. The fraction of sp³-hybridized carbons (Fsp3) is 1.00. The van der Waals surface area contributed by atoms with Crippen LogP contribution in [-0.4, -0.2) is 44.0 Å². The fourth-order valence-electron chi connectivity index (χ4n) is 0.910. The lowest BCUT2D eigenvalue weighted by atomic mass is 10.4. The molecule has 0 amide bonds. The molecule has 74 valence electrons. The molecule has 1 fully saturated rings. The molecule has 0 unspecified atom stereocenters. The Balaban J connectivity index is 0.000000217. The maximum absolute atomic E-state index is 5.30. The molecule has 1 aliphatic heterocycles. The second-order valence-electron chi connectivity index (χ2n) is 3.10. The van der Waals surface area contributed by atoms with Gasteiger partial charge in [0.1, 0.15) is 0 Å². The maximum atomic E-state index is 5.30. The minimum absolute atomic E-state index is 0.816. The van der Waals surface area contributed by atoms with Gasteiger partial charge in [0.15, 0.2) is 0 Å². The van der Waals surface area contributed by atoms with Crippen molar-refractivity contribution in [1.29, 1.82) is 0 Å². The SMILES string of the molecule is CCCCCl.CN1CCNCC1. The van der Waals surface area contributed by atoms with E-state index < -0.39 is 0 Å². The molecule has 0 radical (unpaired) electrons. The molecular formula is C9H21ClN2. The number of hydrogen-bond acceptors (Lipinski definition) is 2.